The highest BCUT2D eigenvalue weighted by Crippen LogP contribution is 2.32. The van der Waals surface area contributed by atoms with Crippen LogP contribution in [0.1, 0.15) is 15.9 Å². The molecular formula is C16H12F3N3OS. The number of alkyl halides is 3. The number of nitrogens with zero attached hydrogens (tertiary/aromatic N) is 3. The van der Waals surface area contributed by atoms with Gasteiger partial charge < -0.3 is 4.90 Å². The van der Waals surface area contributed by atoms with Crippen LogP contribution in [0.5, 0.6) is 0 Å². The number of thioether (sulfide) groups is 1. The van der Waals surface area contributed by atoms with Crippen molar-refractivity contribution >= 4 is 28.5 Å². The maximum absolute atomic E-state index is 13.0. The summed E-state index contributed by atoms with van der Waals surface area (Å²) in [5.74, 6) is -0.235. The number of hydrogen-bond donors (Lipinski definition) is 0. The number of carbonyl (C=O) groups excluding carboxylic acids is 1. The Balaban J connectivity index is 1.93. The Morgan fingerprint density at radius 2 is 1.96 bits per heavy atom. The largest absolute Gasteiger partial charge is 0.417 e. The number of carbonyl (C=O) groups is 1. The van der Waals surface area contributed by atoms with Gasteiger partial charge in [0, 0.05) is 30.4 Å². The zero-order valence-electron chi connectivity index (χ0n) is 12.3. The van der Waals surface area contributed by atoms with E-state index in [9.17, 15) is 18.0 Å². The van der Waals surface area contributed by atoms with Crippen molar-refractivity contribution in [3.8, 4) is 0 Å². The van der Waals surface area contributed by atoms with Crippen molar-refractivity contribution in [3.63, 3.8) is 0 Å². The Hall–Kier alpha value is -2.35. The highest BCUT2D eigenvalue weighted by atomic mass is 32.2. The second kappa shape index (κ2) is 6.64. The van der Waals surface area contributed by atoms with Gasteiger partial charge in [-0.25, -0.2) is 0 Å². The minimum Gasteiger partial charge on any atom is -0.320 e. The van der Waals surface area contributed by atoms with Crippen molar-refractivity contribution < 1.29 is 18.0 Å². The summed E-state index contributed by atoms with van der Waals surface area (Å²) in [7, 11) is 0. The van der Waals surface area contributed by atoms with Crippen LogP contribution >= 0.6 is 11.8 Å². The molecule has 2 heterocycles. The topological polar surface area (TPSA) is 45.6 Å². The number of pyridine rings is 1. The Labute approximate surface area is 140 Å². The molecule has 124 valence electrons. The van der Waals surface area contributed by atoms with Gasteiger partial charge in [0.25, 0.3) is 5.91 Å². The lowest BCUT2D eigenvalue weighted by molar-refractivity contribution is -0.138. The lowest BCUT2D eigenvalue weighted by atomic mass is 10.1. The molecule has 0 unspecified atom stereocenters. The number of para-hydroxylation sites is 1. The van der Waals surface area contributed by atoms with Crippen molar-refractivity contribution in [2.24, 2.45) is 4.99 Å². The maximum Gasteiger partial charge on any atom is 0.417 e. The van der Waals surface area contributed by atoms with Gasteiger partial charge in [-0.1, -0.05) is 30.0 Å². The molecule has 0 radical (unpaired) electrons. The standard InChI is InChI=1S/C16H12F3N3OS/c17-16(18,19)13-6-7-20-10-12(13)14(23)21-15-22(8-9-24-15)11-4-2-1-3-5-11/h1-7,10H,8-9H2. The minimum absolute atomic E-state index is 0.392. The Kier molecular flexibility index (Phi) is 4.57. The zero-order valence-corrected chi connectivity index (χ0v) is 13.1. The number of amides is 1. The molecule has 1 amide bonds. The molecule has 0 bridgehead atoms. The molecule has 4 nitrogen and oxygen atoms in total. The number of benzene rings is 1. The molecule has 24 heavy (non-hydrogen) atoms. The van der Waals surface area contributed by atoms with Gasteiger partial charge in [-0.05, 0) is 18.2 Å². The molecule has 1 aromatic carbocycles. The minimum atomic E-state index is -4.63. The average molecular weight is 351 g/mol. The monoisotopic (exact) mass is 351 g/mol. The number of halogens is 3. The van der Waals surface area contributed by atoms with Crippen molar-refractivity contribution in [1.29, 1.82) is 0 Å². The van der Waals surface area contributed by atoms with Crippen LogP contribution < -0.4 is 4.90 Å². The van der Waals surface area contributed by atoms with Crippen LogP contribution in [-0.4, -0.2) is 28.4 Å². The highest BCUT2D eigenvalue weighted by Gasteiger charge is 2.35. The van der Waals surface area contributed by atoms with Gasteiger partial charge in [-0.3, -0.25) is 9.78 Å². The van der Waals surface area contributed by atoms with Gasteiger partial charge in [-0.15, -0.1) is 0 Å². The van der Waals surface area contributed by atoms with Crippen LogP contribution in [0.4, 0.5) is 18.9 Å². The lowest BCUT2D eigenvalue weighted by Gasteiger charge is -2.17. The molecule has 0 atom stereocenters. The van der Waals surface area contributed by atoms with Gasteiger partial charge in [0.2, 0.25) is 0 Å². The summed E-state index contributed by atoms with van der Waals surface area (Å²) in [5, 5.41) is 0.392. The third-order valence-corrected chi connectivity index (χ3v) is 4.36. The van der Waals surface area contributed by atoms with E-state index in [0.29, 0.717) is 17.5 Å². The van der Waals surface area contributed by atoms with Crippen LogP contribution in [0.3, 0.4) is 0 Å². The van der Waals surface area contributed by atoms with Crippen molar-refractivity contribution in [2.75, 3.05) is 17.2 Å². The number of hydrogen-bond acceptors (Lipinski definition) is 3. The first-order valence-corrected chi connectivity index (χ1v) is 8.05. The number of amidine groups is 1. The molecule has 8 heteroatoms. The van der Waals surface area contributed by atoms with Crippen LogP contribution in [0.25, 0.3) is 0 Å². The Bertz CT molecular complexity index is 778. The molecule has 1 aliphatic rings. The fourth-order valence-corrected chi connectivity index (χ4v) is 3.26. The van der Waals surface area contributed by atoms with E-state index >= 15 is 0 Å². The molecular weight excluding hydrogens is 339 g/mol. The van der Waals surface area contributed by atoms with Gasteiger partial charge in [0.1, 0.15) is 0 Å². The molecule has 1 aliphatic heterocycles. The molecule has 3 rings (SSSR count). The smallest absolute Gasteiger partial charge is 0.320 e. The maximum atomic E-state index is 13.0. The van der Waals surface area contributed by atoms with E-state index in [1.54, 1.807) is 0 Å². The first-order chi connectivity index (χ1) is 11.5. The lowest BCUT2D eigenvalue weighted by Crippen LogP contribution is -2.24. The number of aromatic nitrogens is 1. The van der Waals surface area contributed by atoms with Crippen molar-refractivity contribution in [2.45, 2.75) is 6.18 Å². The fraction of sp³-hybridized carbons (Fsp3) is 0.188. The molecule has 2 aromatic rings. The quantitative estimate of drug-likeness (QED) is 0.824. The Morgan fingerprint density at radius 3 is 2.67 bits per heavy atom. The average Bonchev–Trinajstić information content (AvgIpc) is 3.03. The predicted octanol–water partition coefficient (Wildman–Crippen LogP) is 3.85. The van der Waals surface area contributed by atoms with Crippen molar-refractivity contribution in [1.82, 2.24) is 4.98 Å². The molecule has 0 spiro atoms. The SMILES string of the molecule is O=C(N=C1SCCN1c1ccccc1)c1cnccc1C(F)(F)F. The highest BCUT2D eigenvalue weighted by molar-refractivity contribution is 8.14. The van der Waals surface area contributed by atoms with E-state index < -0.39 is 23.2 Å². The van der Waals surface area contributed by atoms with E-state index in [-0.39, 0.29) is 0 Å². The van der Waals surface area contributed by atoms with Gasteiger partial charge >= 0.3 is 6.18 Å². The fourth-order valence-electron chi connectivity index (χ4n) is 2.30. The number of anilines is 1. The first kappa shape index (κ1) is 16.5. The summed E-state index contributed by atoms with van der Waals surface area (Å²) in [6.45, 7) is 0.639. The van der Waals surface area contributed by atoms with Crippen LogP contribution in [-0.2, 0) is 6.18 Å². The summed E-state index contributed by atoms with van der Waals surface area (Å²) in [4.78, 5) is 21.6. The van der Waals surface area contributed by atoms with Crippen LogP contribution in [0.15, 0.2) is 53.8 Å². The summed E-state index contributed by atoms with van der Waals surface area (Å²) in [5.41, 5.74) is -0.726. The van der Waals surface area contributed by atoms with Gasteiger partial charge in [-0.2, -0.15) is 18.2 Å². The molecule has 0 saturated carbocycles. The summed E-state index contributed by atoms with van der Waals surface area (Å²) < 4.78 is 39.1. The van der Waals surface area contributed by atoms with Gasteiger partial charge in [0.05, 0.1) is 11.1 Å². The first-order valence-electron chi connectivity index (χ1n) is 7.06. The van der Waals surface area contributed by atoms with E-state index in [4.69, 9.17) is 0 Å². The second-order valence-corrected chi connectivity index (χ2v) is 6.02. The molecule has 1 fully saturated rings. The summed E-state index contributed by atoms with van der Waals surface area (Å²) in [6.07, 6.45) is -2.72. The molecule has 1 aromatic heterocycles. The second-order valence-electron chi connectivity index (χ2n) is 4.95. The van der Waals surface area contributed by atoms with Gasteiger partial charge in [0.15, 0.2) is 5.17 Å². The summed E-state index contributed by atoms with van der Waals surface area (Å²) in [6, 6.07) is 10.1. The van der Waals surface area contributed by atoms with E-state index in [1.807, 2.05) is 35.2 Å². The van der Waals surface area contributed by atoms with Crippen LogP contribution in [0, 0.1) is 0 Å². The number of rotatable bonds is 2. The van der Waals surface area contributed by atoms with E-state index in [2.05, 4.69) is 9.98 Å². The number of aliphatic imine (C=N–C) groups is 1. The van der Waals surface area contributed by atoms with Crippen LogP contribution in [0.2, 0.25) is 0 Å². The summed E-state index contributed by atoms with van der Waals surface area (Å²) >= 11 is 1.34. The van der Waals surface area contributed by atoms with E-state index in [1.165, 1.54) is 11.8 Å². The van der Waals surface area contributed by atoms with Crippen molar-refractivity contribution in [3.05, 3.63) is 59.9 Å². The molecule has 0 aliphatic carbocycles. The van der Waals surface area contributed by atoms with E-state index in [0.717, 1.165) is 24.1 Å². The predicted molar refractivity (Wildman–Crippen MR) is 87.3 cm³/mol. The normalized spacial score (nSPS) is 16.6. The third kappa shape index (κ3) is 3.43. The molecule has 0 N–H and O–H groups in total. The zero-order chi connectivity index (χ0) is 17.2. The Morgan fingerprint density at radius 1 is 1.21 bits per heavy atom. The molecule has 1 saturated heterocycles. The third-order valence-electron chi connectivity index (χ3n) is 3.40.